The molecule has 17 heavy (non-hydrogen) atoms. The lowest BCUT2D eigenvalue weighted by Gasteiger charge is -1.99. The van der Waals surface area contributed by atoms with Gasteiger partial charge < -0.3 is 0 Å². The number of Topliss-reactive ketones (excluding diaryl/α,β-unsaturated/α-hetero) is 1. The Morgan fingerprint density at radius 2 is 2.24 bits per heavy atom. The quantitative estimate of drug-likeness (QED) is 0.871. The molecule has 0 aliphatic heterocycles. The topological polar surface area (TPSA) is 34.9 Å². The summed E-state index contributed by atoms with van der Waals surface area (Å²) in [4.78, 5) is 11.1. The van der Waals surface area contributed by atoms with Gasteiger partial charge in [-0.1, -0.05) is 28.1 Å². The van der Waals surface area contributed by atoms with Crippen molar-refractivity contribution >= 4 is 21.7 Å². The van der Waals surface area contributed by atoms with Crippen LogP contribution in [-0.2, 0) is 11.3 Å². The second-order valence-electron chi connectivity index (χ2n) is 3.89. The lowest BCUT2D eigenvalue weighted by atomic mass is 10.1. The van der Waals surface area contributed by atoms with E-state index in [1.807, 2.05) is 30.3 Å². The molecule has 0 aliphatic rings. The zero-order valence-electron chi connectivity index (χ0n) is 9.48. The van der Waals surface area contributed by atoms with Crippen LogP contribution < -0.4 is 0 Å². The lowest BCUT2D eigenvalue weighted by molar-refractivity contribution is -0.117. The number of ketones is 1. The van der Waals surface area contributed by atoms with Crippen LogP contribution in [-0.4, -0.2) is 15.6 Å². The first-order valence-corrected chi connectivity index (χ1v) is 6.01. The van der Waals surface area contributed by atoms with E-state index in [9.17, 15) is 4.79 Å². The minimum absolute atomic E-state index is 0.0683. The molecular formula is C13H12BrN2O. The second-order valence-corrected chi connectivity index (χ2v) is 4.81. The predicted octanol–water partition coefficient (Wildman–Crippen LogP) is 3.08. The normalized spacial score (nSPS) is 10.5. The minimum Gasteiger partial charge on any atom is -0.298 e. The van der Waals surface area contributed by atoms with Gasteiger partial charge in [0.05, 0.1) is 12.2 Å². The van der Waals surface area contributed by atoms with Crippen molar-refractivity contribution in [3.05, 3.63) is 47.4 Å². The van der Waals surface area contributed by atoms with E-state index < -0.39 is 0 Å². The molecule has 3 nitrogen and oxygen atoms in total. The Labute approximate surface area is 109 Å². The van der Waals surface area contributed by atoms with Crippen molar-refractivity contribution in [2.45, 2.75) is 13.5 Å². The molecule has 0 saturated heterocycles. The van der Waals surface area contributed by atoms with Crippen LogP contribution in [0, 0.1) is 6.92 Å². The van der Waals surface area contributed by atoms with Gasteiger partial charge in [0.25, 0.3) is 0 Å². The van der Waals surface area contributed by atoms with E-state index in [0.29, 0.717) is 0 Å². The fourth-order valence-corrected chi connectivity index (χ4v) is 1.99. The van der Waals surface area contributed by atoms with Crippen LogP contribution in [0.2, 0.25) is 0 Å². The summed E-state index contributed by atoms with van der Waals surface area (Å²) in [5.74, 6) is 0.0683. The van der Waals surface area contributed by atoms with Gasteiger partial charge >= 0.3 is 0 Å². The Hall–Kier alpha value is -1.42. The third kappa shape index (κ3) is 2.82. The summed E-state index contributed by atoms with van der Waals surface area (Å²) in [6.07, 6.45) is 0. The second kappa shape index (κ2) is 4.84. The molecule has 1 heterocycles. The van der Waals surface area contributed by atoms with Gasteiger partial charge in [-0.05, 0) is 32.0 Å². The van der Waals surface area contributed by atoms with Gasteiger partial charge in [-0.3, -0.25) is 9.48 Å². The van der Waals surface area contributed by atoms with Crippen LogP contribution in [0.5, 0.6) is 0 Å². The van der Waals surface area contributed by atoms with Gasteiger partial charge in [0.1, 0.15) is 0 Å². The molecule has 87 valence electrons. The van der Waals surface area contributed by atoms with Crippen molar-refractivity contribution in [3.8, 4) is 11.3 Å². The minimum atomic E-state index is 0.0683. The summed E-state index contributed by atoms with van der Waals surface area (Å²) in [7, 11) is 0. The largest absolute Gasteiger partial charge is 0.298 e. The van der Waals surface area contributed by atoms with Gasteiger partial charge in [0.15, 0.2) is 5.78 Å². The van der Waals surface area contributed by atoms with Crippen LogP contribution in [0.15, 0.2) is 34.8 Å². The summed E-state index contributed by atoms with van der Waals surface area (Å²) in [6, 6.07) is 9.75. The number of aromatic nitrogens is 2. The van der Waals surface area contributed by atoms with E-state index in [1.165, 1.54) is 0 Å². The fourth-order valence-electron chi connectivity index (χ4n) is 1.59. The SMILES string of the molecule is [CH2]c1cc(-c2cccc(Br)c2)nn1CC(C)=O. The van der Waals surface area contributed by atoms with Crippen molar-refractivity contribution < 1.29 is 4.79 Å². The summed E-state index contributed by atoms with van der Waals surface area (Å²) in [5.41, 5.74) is 2.58. The number of carbonyl (C=O) groups is 1. The number of halogens is 1. The maximum atomic E-state index is 11.1. The molecular weight excluding hydrogens is 280 g/mol. The fraction of sp³-hybridized carbons (Fsp3) is 0.154. The Morgan fingerprint density at radius 1 is 1.47 bits per heavy atom. The highest BCUT2D eigenvalue weighted by molar-refractivity contribution is 9.10. The van der Waals surface area contributed by atoms with Crippen molar-refractivity contribution in [2.24, 2.45) is 0 Å². The van der Waals surface area contributed by atoms with Gasteiger partial charge in [0.2, 0.25) is 0 Å². The molecule has 0 amide bonds. The summed E-state index contributed by atoms with van der Waals surface area (Å²) in [6.45, 7) is 5.69. The van der Waals surface area contributed by atoms with Gasteiger partial charge in [-0.25, -0.2) is 0 Å². The molecule has 2 rings (SSSR count). The van der Waals surface area contributed by atoms with Crippen LogP contribution in [0.3, 0.4) is 0 Å². The molecule has 0 fully saturated rings. The van der Waals surface area contributed by atoms with Gasteiger partial charge in [-0.15, -0.1) is 0 Å². The Balaban J connectivity index is 2.37. The maximum absolute atomic E-state index is 11.1. The molecule has 4 heteroatoms. The van der Waals surface area contributed by atoms with Crippen molar-refractivity contribution in [1.29, 1.82) is 0 Å². The third-order valence-electron chi connectivity index (χ3n) is 2.36. The van der Waals surface area contributed by atoms with Crippen LogP contribution in [0.25, 0.3) is 11.3 Å². The molecule has 0 aliphatic carbocycles. The van der Waals surface area contributed by atoms with Crippen molar-refractivity contribution in [3.63, 3.8) is 0 Å². The monoisotopic (exact) mass is 291 g/mol. The first-order valence-electron chi connectivity index (χ1n) is 5.21. The van der Waals surface area contributed by atoms with Gasteiger partial charge in [-0.2, -0.15) is 5.10 Å². The zero-order chi connectivity index (χ0) is 12.4. The van der Waals surface area contributed by atoms with E-state index in [4.69, 9.17) is 0 Å². The van der Waals surface area contributed by atoms with E-state index in [1.54, 1.807) is 11.6 Å². The molecule has 1 aromatic heterocycles. The summed E-state index contributed by atoms with van der Waals surface area (Å²) >= 11 is 3.42. The molecule has 0 bridgehead atoms. The van der Waals surface area contributed by atoms with E-state index in [0.717, 1.165) is 21.4 Å². The number of hydrogen-bond acceptors (Lipinski definition) is 2. The molecule has 1 aromatic carbocycles. The molecule has 1 radical (unpaired) electrons. The van der Waals surface area contributed by atoms with Crippen molar-refractivity contribution in [1.82, 2.24) is 9.78 Å². The standard InChI is InChI=1S/C13H12BrN2O/c1-9-6-13(15-16(9)8-10(2)17)11-4-3-5-12(14)7-11/h3-7H,1,8H2,2H3. The molecule has 0 unspecified atom stereocenters. The van der Waals surface area contributed by atoms with Crippen LogP contribution in [0.1, 0.15) is 12.6 Å². The van der Waals surface area contributed by atoms with E-state index >= 15 is 0 Å². The number of hydrogen-bond donors (Lipinski definition) is 0. The Morgan fingerprint density at radius 3 is 2.88 bits per heavy atom. The number of rotatable bonds is 3. The first kappa shape index (κ1) is 12.0. The zero-order valence-corrected chi connectivity index (χ0v) is 11.1. The molecule has 0 N–H and O–H groups in total. The van der Waals surface area contributed by atoms with Crippen molar-refractivity contribution in [2.75, 3.05) is 0 Å². The smallest absolute Gasteiger partial charge is 0.151 e. The number of nitrogens with zero attached hydrogens (tertiary/aromatic N) is 2. The Bertz CT molecular complexity index is 560. The van der Waals surface area contributed by atoms with Crippen LogP contribution >= 0.6 is 15.9 Å². The highest BCUT2D eigenvalue weighted by atomic mass is 79.9. The summed E-state index contributed by atoms with van der Waals surface area (Å²) < 4.78 is 2.63. The maximum Gasteiger partial charge on any atom is 0.151 e. The molecule has 0 spiro atoms. The predicted molar refractivity (Wildman–Crippen MR) is 70.5 cm³/mol. The number of benzene rings is 1. The lowest BCUT2D eigenvalue weighted by Crippen LogP contribution is -2.09. The average molecular weight is 292 g/mol. The molecule has 0 saturated carbocycles. The van der Waals surface area contributed by atoms with Gasteiger partial charge in [0, 0.05) is 15.7 Å². The van der Waals surface area contributed by atoms with Crippen LogP contribution in [0.4, 0.5) is 0 Å². The summed E-state index contributed by atoms with van der Waals surface area (Å²) in [5, 5.41) is 4.37. The number of carbonyl (C=O) groups excluding carboxylic acids is 1. The third-order valence-corrected chi connectivity index (χ3v) is 2.85. The Kier molecular flexibility index (Phi) is 3.43. The molecule has 0 atom stereocenters. The van der Waals surface area contributed by atoms with E-state index in [2.05, 4.69) is 28.0 Å². The first-order chi connectivity index (χ1) is 8.06. The highest BCUT2D eigenvalue weighted by Crippen LogP contribution is 2.22. The molecule has 2 aromatic rings. The highest BCUT2D eigenvalue weighted by Gasteiger charge is 2.08. The average Bonchev–Trinajstić information content (AvgIpc) is 2.59. The van der Waals surface area contributed by atoms with E-state index in [-0.39, 0.29) is 12.3 Å².